The molecule has 5 nitrogen and oxygen atoms in total. The van der Waals surface area contributed by atoms with Crippen molar-refractivity contribution in [3.8, 4) is 0 Å². The van der Waals surface area contributed by atoms with E-state index in [9.17, 15) is 17.2 Å². The Morgan fingerprint density at radius 3 is 2.50 bits per heavy atom. The van der Waals surface area contributed by atoms with Crippen LogP contribution in [0.3, 0.4) is 0 Å². The second kappa shape index (κ2) is 6.13. The molecule has 0 saturated heterocycles. The Balaban J connectivity index is 2.28. The molecular weight excluding hydrogens is 312 g/mol. The number of nitrogens with zero attached hydrogens (tertiary/aromatic N) is 3. The van der Waals surface area contributed by atoms with Crippen LogP contribution in [0.5, 0.6) is 0 Å². The average Bonchev–Trinajstić information content (AvgIpc) is 2.82. The Morgan fingerprint density at radius 1 is 1.27 bits per heavy atom. The summed E-state index contributed by atoms with van der Waals surface area (Å²) in [5, 5.41) is 4.15. The van der Waals surface area contributed by atoms with E-state index in [1.165, 1.54) is 7.05 Å². The third-order valence-corrected chi connectivity index (χ3v) is 5.30. The van der Waals surface area contributed by atoms with Gasteiger partial charge in [0.25, 0.3) is 0 Å². The van der Waals surface area contributed by atoms with E-state index in [0.717, 1.165) is 27.7 Å². The summed E-state index contributed by atoms with van der Waals surface area (Å²) >= 11 is 0. The van der Waals surface area contributed by atoms with Gasteiger partial charge in [-0.15, -0.1) is 0 Å². The predicted octanol–water partition coefficient (Wildman–Crippen LogP) is 2.31. The van der Waals surface area contributed by atoms with Crippen LogP contribution in [0.4, 0.5) is 8.78 Å². The number of sulfonamides is 1. The molecule has 0 aliphatic heterocycles. The second-order valence-corrected chi connectivity index (χ2v) is 6.95. The number of aromatic nitrogens is 2. The van der Waals surface area contributed by atoms with Crippen molar-refractivity contribution in [3.63, 3.8) is 0 Å². The minimum Gasteiger partial charge on any atom is -0.270 e. The summed E-state index contributed by atoms with van der Waals surface area (Å²) in [6.45, 7) is 4.58. The third-order valence-electron chi connectivity index (χ3n) is 3.50. The maximum Gasteiger partial charge on any atom is 0.243 e. The summed E-state index contributed by atoms with van der Waals surface area (Å²) in [6.07, 6.45) is 1.61. The molecule has 2 rings (SSSR count). The van der Waals surface area contributed by atoms with Crippen LogP contribution in [0.1, 0.15) is 18.2 Å². The van der Waals surface area contributed by atoms with Crippen LogP contribution >= 0.6 is 0 Å². The Labute approximate surface area is 128 Å². The number of hydrogen-bond donors (Lipinski definition) is 0. The fourth-order valence-electron chi connectivity index (χ4n) is 2.10. The summed E-state index contributed by atoms with van der Waals surface area (Å²) in [4.78, 5) is -0.283. The van der Waals surface area contributed by atoms with Crippen LogP contribution in [-0.4, -0.2) is 29.6 Å². The van der Waals surface area contributed by atoms with Gasteiger partial charge in [0.2, 0.25) is 10.0 Å². The van der Waals surface area contributed by atoms with Gasteiger partial charge in [-0.2, -0.15) is 9.40 Å². The molecule has 2 aromatic rings. The van der Waals surface area contributed by atoms with E-state index in [-0.39, 0.29) is 11.4 Å². The number of hydrogen-bond acceptors (Lipinski definition) is 3. The molecule has 0 unspecified atom stereocenters. The Kier molecular flexibility index (Phi) is 4.62. The van der Waals surface area contributed by atoms with Gasteiger partial charge in [0.15, 0.2) is 11.6 Å². The molecule has 1 heterocycles. The highest BCUT2D eigenvalue weighted by atomic mass is 32.2. The zero-order chi connectivity index (χ0) is 16.5. The predicted molar refractivity (Wildman–Crippen MR) is 77.6 cm³/mol. The van der Waals surface area contributed by atoms with E-state index in [1.54, 1.807) is 10.9 Å². The summed E-state index contributed by atoms with van der Waals surface area (Å²) in [5.74, 6) is -2.27. The molecule has 0 aliphatic carbocycles. The highest BCUT2D eigenvalue weighted by Crippen LogP contribution is 2.20. The third kappa shape index (κ3) is 3.02. The molecular formula is C14H17F2N3O2S. The Hall–Kier alpha value is -1.80. The minimum absolute atomic E-state index is 0.104. The smallest absolute Gasteiger partial charge is 0.243 e. The van der Waals surface area contributed by atoms with E-state index >= 15 is 0 Å². The number of rotatable bonds is 5. The minimum atomic E-state index is -3.90. The Morgan fingerprint density at radius 2 is 1.95 bits per heavy atom. The first-order valence-electron chi connectivity index (χ1n) is 6.70. The van der Waals surface area contributed by atoms with Crippen LogP contribution in [0, 0.1) is 18.6 Å². The van der Waals surface area contributed by atoms with Crippen molar-refractivity contribution >= 4 is 10.0 Å². The van der Waals surface area contributed by atoms with Crippen LogP contribution in [-0.2, 0) is 23.1 Å². The van der Waals surface area contributed by atoms with Crippen molar-refractivity contribution < 1.29 is 17.2 Å². The van der Waals surface area contributed by atoms with E-state index in [2.05, 4.69) is 5.10 Å². The zero-order valence-electron chi connectivity index (χ0n) is 12.5. The second-order valence-electron chi connectivity index (χ2n) is 4.91. The van der Waals surface area contributed by atoms with Crippen molar-refractivity contribution in [1.29, 1.82) is 0 Å². The molecule has 1 aromatic heterocycles. The molecule has 0 atom stereocenters. The highest BCUT2D eigenvalue weighted by Gasteiger charge is 2.23. The lowest BCUT2D eigenvalue weighted by Crippen LogP contribution is -2.27. The molecule has 0 aliphatic rings. The first kappa shape index (κ1) is 16.6. The maximum atomic E-state index is 13.2. The molecule has 0 bridgehead atoms. The van der Waals surface area contributed by atoms with Crippen LogP contribution in [0.25, 0.3) is 0 Å². The van der Waals surface area contributed by atoms with Gasteiger partial charge >= 0.3 is 0 Å². The molecule has 0 radical (unpaired) electrons. The van der Waals surface area contributed by atoms with Crippen LogP contribution in [0.2, 0.25) is 0 Å². The molecule has 0 amide bonds. The van der Waals surface area contributed by atoms with Gasteiger partial charge in [0, 0.05) is 31.4 Å². The molecule has 120 valence electrons. The quantitative estimate of drug-likeness (QED) is 0.846. The lowest BCUT2D eigenvalue weighted by atomic mass is 10.2. The first-order valence-corrected chi connectivity index (χ1v) is 8.14. The van der Waals surface area contributed by atoms with Crippen molar-refractivity contribution in [2.24, 2.45) is 0 Å². The monoisotopic (exact) mass is 329 g/mol. The lowest BCUT2D eigenvalue weighted by molar-refractivity contribution is 0.462. The van der Waals surface area contributed by atoms with Gasteiger partial charge in [0.1, 0.15) is 0 Å². The highest BCUT2D eigenvalue weighted by molar-refractivity contribution is 7.89. The lowest BCUT2D eigenvalue weighted by Gasteiger charge is -2.17. The summed E-state index contributed by atoms with van der Waals surface area (Å²) in [5.41, 5.74) is 1.63. The number of halogens is 2. The number of benzene rings is 1. The topological polar surface area (TPSA) is 55.2 Å². The first-order chi connectivity index (χ1) is 10.3. The average molecular weight is 329 g/mol. The van der Waals surface area contributed by atoms with Gasteiger partial charge in [-0.25, -0.2) is 17.2 Å². The van der Waals surface area contributed by atoms with E-state index in [4.69, 9.17) is 0 Å². The molecule has 22 heavy (non-hydrogen) atoms. The van der Waals surface area contributed by atoms with Crippen molar-refractivity contribution in [2.45, 2.75) is 31.8 Å². The SMILES string of the molecule is CCn1ncc(CN(C)S(=O)(=O)c2ccc(F)c(F)c2)c1C. The van der Waals surface area contributed by atoms with E-state index < -0.39 is 21.7 Å². The standard InChI is InChI=1S/C14H17F2N3O2S/c1-4-19-10(2)11(8-17-19)9-18(3)22(20,21)12-5-6-13(15)14(16)7-12/h5-8H,4,9H2,1-3H3. The fourth-order valence-corrected chi connectivity index (χ4v) is 3.26. The van der Waals surface area contributed by atoms with Crippen molar-refractivity contribution in [1.82, 2.24) is 14.1 Å². The van der Waals surface area contributed by atoms with Gasteiger partial charge in [-0.3, -0.25) is 4.68 Å². The van der Waals surface area contributed by atoms with E-state index in [1.807, 2.05) is 13.8 Å². The molecule has 8 heteroatoms. The van der Waals surface area contributed by atoms with Gasteiger partial charge < -0.3 is 0 Å². The summed E-state index contributed by atoms with van der Waals surface area (Å²) in [6, 6.07) is 2.53. The van der Waals surface area contributed by atoms with Crippen molar-refractivity contribution in [2.75, 3.05) is 7.05 Å². The zero-order valence-corrected chi connectivity index (χ0v) is 13.4. The Bertz CT molecular complexity index is 787. The summed E-state index contributed by atoms with van der Waals surface area (Å²) in [7, 11) is -2.51. The van der Waals surface area contributed by atoms with E-state index in [0.29, 0.717) is 12.6 Å². The summed E-state index contributed by atoms with van der Waals surface area (Å²) < 4.78 is 53.8. The fraction of sp³-hybridized carbons (Fsp3) is 0.357. The molecule has 0 N–H and O–H groups in total. The van der Waals surface area contributed by atoms with Crippen LogP contribution in [0.15, 0.2) is 29.3 Å². The van der Waals surface area contributed by atoms with Crippen LogP contribution < -0.4 is 0 Å². The maximum absolute atomic E-state index is 13.2. The molecule has 0 saturated carbocycles. The van der Waals surface area contributed by atoms with Gasteiger partial charge in [0.05, 0.1) is 11.1 Å². The van der Waals surface area contributed by atoms with Crippen molar-refractivity contribution in [3.05, 3.63) is 47.3 Å². The molecule has 0 fully saturated rings. The van der Waals surface area contributed by atoms with Gasteiger partial charge in [-0.1, -0.05) is 0 Å². The normalized spacial score (nSPS) is 12.1. The number of aryl methyl sites for hydroxylation is 1. The molecule has 0 spiro atoms. The largest absolute Gasteiger partial charge is 0.270 e. The molecule has 1 aromatic carbocycles. The van der Waals surface area contributed by atoms with Gasteiger partial charge in [-0.05, 0) is 32.0 Å².